The van der Waals surface area contributed by atoms with Crippen molar-refractivity contribution in [1.82, 2.24) is 9.97 Å². The van der Waals surface area contributed by atoms with Crippen LogP contribution in [-0.4, -0.2) is 58.7 Å². The number of ether oxygens (including phenoxy) is 1. The van der Waals surface area contributed by atoms with Crippen LogP contribution in [0.2, 0.25) is 0 Å². The fourth-order valence-electron chi connectivity index (χ4n) is 3.79. The van der Waals surface area contributed by atoms with E-state index in [1.165, 1.54) is 6.33 Å². The Morgan fingerprint density at radius 3 is 2.63 bits per heavy atom. The largest absolute Gasteiger partial charge is 0.417 e. The number of anilines is 2. The summed E-state index contributed by atoms with van der Waals surface area (Å²) in [5.74, 6) is 1.57. The van der Waals surface area contributed by atoms with Crippen molar-refractivity contribution in [3.63, 3.8) is 0 Å². The number of rotatable bonds is 4. The maximum Gasteiger partial charge on any atom is 0.417 e. The first-order valence-electron chi connectivity index (χ1n) is 9.44. The van der Waals surface area contributed by atoms with Gasteiger partial charge in [-0.1, -0.05) is 13.8 Å². The molecular weight excluding hydrogens is 361 g/mol. The van der Waals surface area contributed by atoms with Crippen LogP contribution in [0.1, 0.15) is 39.5 Å². The fraction of sp³-hybridized carbons (Fsp3) is 0.778. The first kappa shape index (κ1) is 20.1. The summed E-state index contributed by atoms with van der Waals surface area (Å²) in [6, 6.07) is 1.89. The van der Waals surface area contributed by atoms with Crippen molar-refractivity contribution in [1.29, 1.82) is 0 Å². The Morgan fingerprint density at radius 2 is 2.00 bits per heavy atom. The van der Waals surface area contributed by atoms with Crippen LogP contribution in [-0.2, 0) is 4.74 Å². The van der Waals surface area contributed by atoms with Gasteiger partial charge in [-0.3, -0.25) is 0 Å². The van der Waals surface area contributed by atoms with Gasteiger partial charge in [-0.15, -0.1) is 0 Å². The number of aliphatic hydroxyl groups is 1. The third-order valence-electron chi connectivity index (χ3n) is 5.45. The molecule has 2 atom stereocenters. The second-order valence-corrected chi connectivity index (χ2v) is 7.75. The van der Waals surface area contributed by atoms with Gasteiger partial charge < -0.3 is 20.1 Å². The van der Waals surface area contributed by atoms with Crippen molar-refractivity contribution in [2.24, 2.45) is 5.92 Å². The first-order valence-corrected chi connectivity index (χ1v) is 9.44. The monoisotopic (exact) mass is 388 g/mol. The van der Waals surface area contributed by atoms with E-state index < -0.39 is 11.8 Å². The minimum Gasteiger partial charge on any atom is -0.380 e. The second kappa shape index (κ2) is 7.79. The zero-order valence-corrected chi connectivity index (χ0v) is 15.7. The standard InChI is InChI=1S/C18H27F3N4O2/c1-12(2)16-13(4-3-9-27-16)24-14-10-15(23-11-22-14)25-7-5-17(26,6-8-25)18(19,20)21/h10-13,16,26H,3-9H2,1-2H3,(H,22,23,24)/t13-,16-/m1/s1. The van der Waals surface area contributed by atoms with E-state index in [1.54, 1.807) is 11.0 Å². The number of hydrogen-bond donors (Lipinski definition) is 2. The molecule has 0 aromatic carbocycles. The molecule has 0 radical (unpaired) electrons. The number of nitrogens with zero attached hydrogens (tertiary/aromatic N) is 3. The zero-order chi connectivity index (χ0) is 19.7. The molecule has 9 heteroatoms. The summed E-state index contributed by atoms with van der Waals surface area (Å²) < 4.78 is 44.8. The van der Waals surface area contributed by atoms with E-state index in [1.807, 2.05) is 0 Å². The number of alkyl halides is 3. The molecule has 0 spiro atoms. The van der Waals surface area contributed by atoms with Crippen LogP contribution in [0.15, 0.2) is 12.4 Å². The molecular formula is C18H27F3N4O2. The van der Waals surface area contributed by atoms with Crippen LogP contribution in [0.5, 0.6) is 0 Å². The minimum atomic E-state index is -4.61. The molecule has 2 fully saturated rings. The minimum absolute atomic E-state index is 0.0909. The average Bonchev–Trinajstić information content (AvgIpc) is 2.62. The van der Waals surface area contributed by atoms with Gasteiger partial charge in [-0.25, -0.2) is 9.97 Å². The summed E-state index contributed by atoms with van der Waals surface area (Å²) in [6.07, 6.45) is -1.88. The zero-order valence-electron chi connectivity index (χ0n) is 15.7. The lowest BCUT2D eigenvalue weighted by atomic mass is 9.91. The van der Waals surface area contributed by atoms with Gasteiger partial charge >= 0.3 is 6.18 Å². The molecule has 1 aromatic rings. The Balaban J connectivity index is 1.66. The highest BCUT2D eigenvalue weighted by atomic mass is 19.4. The van der Waals surface area contributed by atoms with Crippen molar-refractivity contribution < 1.29 is 23.0 Å². The number of piperidine rings is 1. The third kappa shape index (κ3) is 4.45. The van der Waals surface area contributed by atoms with Gasteiger partial charge in [0.1, 0.15) is 18.0 Å². The molecule has 0 bridgehead atoms. The van der Waals surface area contributed by atoms with Crippen molar-refractivity contribution in [3.8, 4) is 0 Å². The molecule has 2 N–H and O–H groups in total. The van der Waals surface area contributed by atoms with Crippen molar-refractivity contribution in [2.75, 3.05) is 29.9 Å². The van der Waals surface area contributed by atoms with Crippen LogP contribution >= 0.6 is 0 Å². The molecule has 2 aliphatic heterocycles. The van der Waals surface area contributed by atoms with Gasteiger partial charge in [0.15, 0.2) is 5.60 Å². The molecule has 3 heterocycles. The summed E-state index contributed by atoms with van der Waals surface area (Å²) in [5, 5.41) is 13.2. The maximum absolute atomic E-state index is 13.0. The fourth-order valence-corrected chi connectivity index (χ4v) is 3.79. The van der Waals surface area contributed by atoms with Gasteiger partial charge in [0.25, 0.3) is 0 Å². The molecule has 3 rings (SSSR count). The Kier molecular flexibility index (Phi) is 5.81. The molecule has 27 heavy (non-hydrogen) atoms. The topological polar surface area (TPSA) is 70.5 Å². The molecule has 0 aliphatic carbocycles. The van der Waals surface area contributed by atoms with Gasteiger partial charge in [0, 0.05) is 38.6 Å². The number of aromatic nitrogens is 2. The van der Waals surface area contributed by atoms with Crippen molar-refractivity contribution in [2.45, 2.75) is 63.5 Å². The summed E-state index contributed by atoms with van der Waals surface area (Å²) in [5.41, 5.74) is -2.61. The smallest absolute Gasteiger partial charge is 0.380 e. The Morgan fingerprint density at radius 1 is 1.30 bits per heavy atom. The van der Waals surface area contributed by atoms with Crippen LogP contribution in [0, 0.1) is 5.92 Å². The summed E-state index contributed by atoms with van der Waals surface area (Å²) in [6.45, 7) is 5.17. The van der Waals surface area contributed by atoms with Gasteiger partial charge in [-0.05, 0) is 18.8 Å². The normalized spacial score (nSPS) is 26.3. The summed E-state index contributed by atoms with van der Waals surface area (Å²) in [4.78, 5) is 10.2. The SMILES string of the molecule is CC(C)[C@H]1OCCC[C@H]1Nc1cc(N2CCC(O)(C(F)(F)F)CC2)ncn1. The van der Waals surface area contributed by atoms with E-state index in [2.05, 4.69) is 29.1 Å². The van der Waals surface area contributed by atoms with E-state index in [0.717, 1.165) is 19.4 Å². The van der Waals surface area contributed by atoms with Gasteiger partial charge in [0.2, 0.25) is 0 Å². The molecule has 2 saturated heterocycles. The van der Waals surface area contributed by atoms with E-state index in [4.69, 9.17) is 4.74 Å². The molecule has 0 saturated carbocycles. The van der Waals surface area contributed by atoms with Gasteiger partial charge in [0.05, 0.1) is 12.1 Å². The molecule has 1 aromatic heterocycles. The lowest BCUT2D eigenvalue weighted by Gasteiger charge is -2.39. The molecule has 152 valence electrons. The van der Waals surface area contributed by atoms with E-state index >= 15 is 0 Å². The molecule has 0 amide bonds. The highest BCUT2D eigenvalue weighted by molar-refractivity contribution is 5.49. The number of hydrogen-bond acceptors (Lipinski definition) is 6. The lowest BCUT2D eigenvalue weighted by Crippen LogP contribution is -2.53. The molecule has 2 aliphatic rings. The highest BCUT2D eigenvalue weighted by Gasteiger charge is 2.54. The molecule has 0 unspecified atom stereocenters. The predicted octanol–water partition coefficient (Wildman–Crippen LogP) is 2.99. The van der Waals surface area contributed by atoms with Crippen LogP contribution in [0.25, 0.3) is 0 Å². The second-order valence-electron chi connectivity index (χ2n) is 7.75. The van der Waals surface area contributed by atoms with Crippen LogP contribution in [0.3, 0.4) is 0 Å². The van der Waals surface area contributed by atoms with Crippen molar-refractivity contribution >= 4 is 11.6 Å². The van der Waals surface area contributed by atoms with E-state index in [-0.39, 0.29) is 38.1 Å². The van der Waals surface area contributed by atoms with Gasteiger partial charge in [-0.2, -0.15) is 13.2 Å². The van der Waals surface area contributed by atoms with Crippen molar-refractivity contribution in [3.05, 3.63) is 12.4 Å². The molecule has 6 nitrogen and oxygen atoms in total. The predicted molar refractivity (Wildman–Crippen MR) is 95.7 cm³/mol. The Hall–Kier alpha value is -1.61. The maximum atomic E-state index is 13.0. The van der Waals surface area contributed by atoms with E-state index in [0.29, 0.717) is 17.6 Å². The third-order valence-corrected chi connectivity index (χ3v) is 5.45. The van der Waals surface area contributed by atoms with Crippen LogP contribution in [0.4, 0.5) is 24.8 Å². The highest BCUT2D eigenvalue weighted by Crippen LogP contribution is 2.39. The lowest BCUT2D eigenvalue weighted by molar-refractivity contribution is -0.266. The number of nitrogens with one attached hydrogen (secondary N) is 1. The Labute approximate surface area is 157 Å². The summed E-state index contributed by atoms with van der Waals surface area (Å²) >= 11 is 0. The first-order chi connectivity index (χ1) is 12.7. The Bertz CT molecular complexity index is 633. The quantitative estimate of drug-likeness (QED) is 0.826. The van der Waals surface area contributed by atoms with Crippen LogP contribution < -0.4 is 10.2 Å². The summed E-state index contributed by atoms with van der Waals surface area (Å²) in [7, 11) is 0. The average molecular weight is 388 g/mol. The van der Waals surface area contributed by atoms with E-state index in [9.17, 15) is 18.3 Å². The number of halogens is 3.